The van der Waals surface area contributed by atoms with E-state index in [-0.39, 0.29) is 11.4 Å². The molecular formula is C7H9N2O3+. The zero-order valence-electron chi connectivity index (χ0n) is 6.85. The van der Waals surface area contributed by atoms with E-state index in [1.807, 2.05) is 0 Å². The fourth-order valence-corrected chi connectivity index (χ4v) is 0.880. The molecule has 0 aromatic carbocycles. The van der Waals surface area contributed by atoms with Gasteiger partial charge in [0.05, 0.1) is 18.1 Å². The lowest BCUT2D eigenvalue weighted by Gasteiger charge is -1.97. The fraction of sp³-hybridized carbons (Fsp3) is 0.286. The van der Waals surface area contributed by atoms with Crippen LogP contribution in [0.25, 0.3) is 0 Å². The van der Waals surface area contributed by atoms with Gasteiger partial charge in [-0.3, -0.25) is 10.1 Å². The van der Waals surface area contributed by atoms with Gasteiger partial charge in [0.2, 0.25) is 5.75 Å². The van der Waals surface area contributed by atoms with Gasteiger partial charge < -0.3 is 4.74 Å². The quantitative estimate of drug-likeness (QED) is 0.366. The van der Waals surface area contributed by atoms with Crippen molar-refractivity contribution in [3.63, 3.8) is 0 Å². The molecule has 5 nitrogen and oxygen atoms in total. The Morgan fingerprint density at radius 3 is 2.83 bits per heavy atom. The van der Waals surface area contributed by atoms with Crippen molar-refractivity contribution in [3.8, 4) is 5.75 Å². The van der Waals surface area contributed by atoms with E-state index in [0.29, 0.717) is 0 Å². The topological polar surface area (TPSA) is 56.2 Å². The van der Waals surface area contributed by atoms with E-state index in [1.54, 1.807) is 23.9 Å². The summed E-state index contributed by atoms with van der Waals surface area (Å²) in [4.78, 5) is 9.97. The average Bonchev–Trinajstić information content (AvgIpc) is 2.04. The van der Waals surface area contributed by atoms with E-state index in [4.69, 9.17) is 4.74 Å². The molecule has 0 spiro atoms. The van der Waals surface area contributed by atoms with E-state index < -0.39 is 4.92 Å². The summed E-state index contributed by atoms with van der Waals surface area (Å²) in [5.74, 6) is 0.276. The molecule has 0 radical (unpaired) electrons. The Hall–Kier alpha value is -1.65. The maximum atomic E-state index is 10.4. The van der Waals surface area contributed by atoms with Crippen LogP contribution in [0.1, 0.15) is 0 Å². The Balaban J connectivity index is 3.21. The van der Waals surface area contributed by atoms with Gasteiger partial charge in [0.15, 0.2) is 6.20 Å². The van der Waals surface area contributed by atoms with Crippen molar-refractivity contribution in [3.05, 3.63) is 28.6 Å². The molecule has 0 N–H and O–H groups in total. The zero-order valence-corrected chi connectivity index (χ0v) is 6.85. The van der Waals surface area contributed by atoms with E-state index in [2.05, 4.69) is 0 Å². The van der Waals surface area contributed by atoms with Crippen LogP contribution in [0.4, 0.5) is 5.69 Å². The minimum absolute atomic E-state index is 0.0255. The zero-order chi connectivity index (χ0) is 9.14. The molecule has 1 rings (SSSR count). The monoisotopic (exact) mass is 169 g/mol. The van der Waals surface area contributed by atoms with Crippen molar-refractivity contribution in [2.24, 2.45) is 7.05 Å². The lowest BCUT2D eigenvalue weighted by atomic mass is 10.4. The molecule has 0 amide bonds. The smallest absolute Gasteiger partial charge is 0.373 e. The van der Waals surface area contributed by atoms with Gasteiger partial charge in [-0.25, -0.2) is 4.57 Å². The maximum absolute atomic E-state index is 10.4. The standard InChI is InChI=1S/C7H9N2O3/c1-8-4-3-7(12-2)6(5-8)9(10)11/h3-5H,1-2H3/q+1. The molecule has 0 bridgehead atoms. The van der Waals surface area contributed by atoms with Crippen molar-refractivity contribution in [1.82, 2.24) is 0 Å². The summed E-state index contributed by atoms with van der Waals surface area (Å²) in [5.41, 5.74) is -0.0255. The normalized spacial score (nSPS) is 9.50. The van der Waals surface area contributed by atoms with Crippen LogP contribution in [0.2, 0.25) is 0 Å². The maximum Gasteiger partial charge on any atom is 0.373 e. The molecule has 0 aliphatic carbocycles. The van der Waals surface area contributed by atoms with Crippen LogP contribution < -0.4 is 9.30 Å². The Morgan fingerprint density at radius 2 is 2.33 bits per heavy atom. The number of aryl methyl sites for hydroxylation is 1. The fourth-order valence-electron chi connectivity index (χ4n) is 0.880. The molecule has 0 saturated carbocycles. The van der Waals surface area contributed by atoms with E-state index in [0.717, 1.165) is 0 Å². The third-order valence-electron chi connectivity index (χ3n) is 1.46. The first-order valence-electron chi connectivity index (χ1n) is 3.33. The second kappa shape index (κ2) is 3.17. The number of nitro groups is 1. The van der Waals surface area contributed by atoms with Crippen LogP contribution in [-0.4, -0.2) is 12.0 Å². The number of ether oxygens (including phenoxy) is 1. The van der Waals surface area contributed by atoms with Gasteiger partial charge in [0.1, 0.15) is 7.05 Å². The molecule has 1 aromatic rings. The molecule has 0 aliphatic rings. The predicted molar refractivity (Wildman–Crippen MR) is 40.8 cm³/mol. The number of rotatable bonds is 2. The predicted octanol–water partition coefficient (Wildman–Crippen LogP) is 0.428. The molecule has 64 valence electrons. The van der Waals surface area contributed by atoms with Crippen LogP contribution >= 0.6 is 0 Å². The second-order valence-electron chi connectivity index (χ2n) is 2.32. The van der Waals surface area contributed by atoms with Gasteiger partial charge in [-0.2, -0.15) is 0 Å². The first kappa shape index (κ1) is 8.45. The molecule has 1 heterocycles. The highest BCUT2D eigenvalue weighted by atomic mass is 16.6. The van der Waals surface area contributed by atoms with Crippen LogP contribution in [-0.2, 0) is 7.05 Å². The Labute approximate surface area is 69.4 Å². The average molecular weight is 169 g/mol. The molecule has 1 aromatic heterocycles. The first-order valence-corrected chi connectivity index (χ1v) is 3.33. The number of hydrogen-bond donors (Lipinski definition) is 0. The van der Waals surface area contributed by atoms with Crippen LogP contribution in [0.15, 0.2) is 18.5 Å². The number of nitrogens with zero attached hydrogens (tertiary/aromatic N) is 2. The summed E-state index contributed by atoms with van der Waals surface area (Å²) in [6.07, 6.45) is 3.09. The minimum Gasteiger partial charge on any atom is -0.490 e. The van der Waals surface area contributed by atoms with Gasteiger partial charge in [0, 0.05) is 0 Å². The van der Waals surface area contributed by atoms with Gasteiger partial charge in [-0.1, -0.05) is 0 Å². The van der Waals surface area contributed by atoms with Crippen molar-refractivity contribution in [1.29, 1.82) is 0 Å². The summed E-state index contributed by atoms with van der Waals surface area (Å²) >= 11 is 0. The highest BCUT2D eigenvalue weighted by Crippen LogP contribution is 2.22. The highest BCUT2D eigenvalue weighted by Gasteiger charge is 2.18. The molecule has 0 atom stereocenters. The molecule has 0 aliphatic heterocycles. The molecule has 0 unspecified atom stereocenters. The van der Waals surface area contributed by atoms with Crippen molar-refractivity contribution < 1.29 is 14.2 Å². The number of pyridine rings is 1. The largest absolute Gasteiger partial charge is 0.490 e. The lowest BCUT2D eigenvalue weighted by Crippen LogP contribution is -2.26. The molecule has 5 heteroatoms. The molecule has 12 heavy (non-hydrogen) atoms. The highest BCUT2D eigenvalue weighted by molar-refractivity contribution is 5.41. The van der Waals surface area contributed by atoms with Crippen molar-refractivity contribution in [2.75, 3.05) is 7.11 Å². The Morgan fingerprint density at radius 1 is 1.67 bits per heavy atom. The van der Waals surface area contributed by atoms with Crippen LogP contribution in [0.5, 0.6) is 5.75 Å². The minimum atomic E-state index is -0.473. The van der Waals surface area contributed by atoms with E-state index in [1.165, 1.54) is 13.3 Å². The molecule has 0 saturated heterocycles. The lowest BCUT2D eigenvalue weighted by molar-refractivity contribution is -0.674. The first-order chi connectivity index (χ1) is 5.65. The van der Waals surface area contributed by atoms with Crippen molar-refractivity contribution in [2.45, 2.75) is 0 Å². The van der Waals surface area contributed by atoms with Crippen LogP contribution in [0, 0.1) is 10.1 Å². The third-order valence-corrected chi connectivity index (χ3v) is 1.46. The van der Waals surface area contributed by atoms with Crippen LogP contribution in [0.3, 0.4) is 0 Å². The Kier molecular flexibility index (Phi) is 2.23. The SMILES string of the molecule is COc1cc[n+](C)cc1[N+](=O)[O-]. The Bertz CT molecular complexity index is 312. The summed E-state index contributed by atoms with van der Waals surface area (Å²) in [7, 11) is 3.12. The summed E-state index contributed by atoms with van der Waals surface area (Å²) < 4.78 is 6.40. The van der Waals surface area contributed by atoms with Gasteiger partial charge in [0.25, 0.3) is 6.20 Å². The van der Waals surface area contributed by atoms with Crippen molar-refractivity contribution >= 4 is 5.69 Å². The summed E-state index contributed by atoms with van der Waals surface area (Å²) in [6.45, 7) is 0. The van der Waals surface area contributed by atoms with Gasteiger partial charge >= 0.3 is 5.69 Å². The van der Waals surface area contributed by atoms with Gasteiger partial charge in [-0.15, -0.1) is 0 Å². The van der Waals surface area contributed by atoms with E-state index >= 15 is 0 Å². The second-order valence-corrected chi connectivity index (χ2v) is 2.32. The third kappa shape index (κ3) is 1.50. The molecule has 0 fully saturated rings. The van der Waals surface area contributed by atoms with Gasteiger partial charge in [-0.05, 0) is 0 Å². The molecular weight excluding hydrogens is 160 g/mol. The summed E-state index contributed by atoms with van der Waals surface area (Å²) in [5, 5.41) is 10.4. The number of aromatic nitrogens is 1. The number of methoxy groups -OCH3 is 1. The van der Waals surface area contributed by atoms with E-state index in [9.17, 15) is 10.1 Å². The number of hydrogen-bond acceptors (Lipinski definition) is 3. The summed E-state index contributed by atoms with van der Waals surface area (Å²) in [6, 6.07) is 1.55.